The summed E-state index contributed by atoms with van der Waals surface area (Å²) in [6.45, 7) is 3.07. The third kappa shape index (κ3) is 4.44. The Bertz CT molecular complexity index is 427. The van der Waals surface area contributed by atoms with Crippen molar-refractivity contribution in [3.8, 4) is 5.75 Å². The van der Waals surface area contributed by atoms with E-state index in [1.54, 1.807) is 6.07 Å². The molecule has 1 aliphatic rings. The van der Waals surface area contributed by atoms with Gasteiger partial charge in [-0.25, -0.2) is 4.39 Å². The Labute approximate surface area is 128 Å². The highest BCUT2D eigenvalue weighted by atomic mass is 19.1. The van der Waals surface area contributed by atoms with Crippen molar-refractivity contribution >= 4 is 0 Å². The topological polar surface area (TPSA) is 21.3 Å². The molecule has 1 fully saturated rings. The zero-order valence-corrected chi connectivity index (χ0v) is 13.3. The van der Waals surface area contributed by atoms with Crippen molar-refractivity contribution in [2.75, 3.05) is 13.7 Å². The first-order chi connectivity index (χ1) is 10.3. The van der Waals surface area contributed by atoms with Crippen molar-refractivity contribution in [1.82, 2.24) is 5.32 Å². The first kappa shape index (κ1) is 16.3. The number of hydrogen-bond donors (Lipinski definition) is 1. The molecule has 0 saturated heterocycles. The van der Waals surface area contributed by atoms with Gasteiger partial charge in [0.25, 0.3) is 0 Å². The van der Waals surface area contributed by atoms with Crippen LogP contribution in [0.5, 0.6) is 5.75 Å². The Kier molecular flexibility index (Phi) is 6.50. The lowest BCUT2D eigenvalue weighted by atomic mass is 9.87. The molecule has 118 valence electrons. The van der Waals surface area contributed by atoms with Crippen molar-refractivity contribution in [2.45, 2.75) is 57.9 Å². The SMILES string of the molecule is CCNC(Cc1cccc(OC)c1F)C1CCCCCC1. The number of benzene rings is 1. The molecule has 1 aromatic rings. The lowest BCUT2D eigenvalue weighted by Crippen LogP contribution is -2.38. The van der Waals surface area contributed by atoms with Crippen molar-refractivity contribution in [1.29, 1.82) is 0 Å². The van der Waals surface area contributed by atoms with Gasteiger partial charge < -0.3 is 10.1 Å². The van der Waals surface area contributed by atoms with Crippen LogP contribution in [0.2, 0.25) is 0 Å². The maximum atomic E-state index is 14.4. The maximum absolute atomic E-state index is 14.4. The van der Waals surface area contributed by atoms with Crippen LogP contribution in [0.25, 0.3) is 0 Å². The molecule has 1 saturated carbocycles. The van der Waals surface area contributed by atoms with E-state index in [0.717, 1.165) is 18.5 Å². The normalized spacial score (nSPS) is 18.2. The molecule has 0 aliphatic heterocycles. The van der Waals surface area contributed by atoms with Crippen molar-refractivity contribution < 1.29 is 9.13 Å². The molecule has 1 aliphatic carbocycles. The minimum absolute atomic E-state index is 0.198. The third-order valence-electron chi connectivity index (χ3n) is 4.64. The van der Waals surface area contributed by atoms with Gasteiger partial charge >= 0.3 is 0 Å². The molecule has 0 heterocycles. The lowest BCUT2D eigenvalue weighted by molar-refractivity contribution is 0.317. The summed E-state index contributed by atoms with van der Waals surface area (Å²) in [5, 5.41) is 3.59. The fourth-order valence-corrected chi connectivity index (χ4v) is 3.49. The predicted octanol–water partition coefficient (Wildman–Crippen LogP) is 4.33. The zero-order valence-electron chi connectivity index (χ0n) is 13.3. The van der Waals surface area contributed by atoms with E-state index >= 15 is 0 Å². The molecule has 0 bridgehead atoms. The summed E-state index contributed by atoms with van der Waals surface area (Å²) >= 11 is 0. The van der Waals surface area contributed by atoms with Gasteiger partial charge in [0.05, 0.1) is 7.11 Å². The van der Waals surface area contributed by atoms with E-state index in [1.807, 2.05) is 12.1 Å². The van der Waals surface area contributed by atoms with E-state index in [0.29, 0.717) is 17.7 Å². The summed E-state index contributed by atoms with van der Waals surface area (Å²) in [6, 6.07) is 5.83. The Morgan fingerprint density at radius 3 is 2.57 bits per heavy atom. The highest BCUT2D eigenvalue weighted by Crippen LogP contribution is 2.29. The van der Waals surface area contributed by atoms with Crippen molar-refractivity contribution in [3.63, 3.8) is 0 Å². The second-order valence-electron chi connectivity index (χ2n) is 6.05. The van der Waals surface area contributed by atoms with Gasteiger partial charge in [-0.05, 0) is 43.4 Å². The second kappa shape index (κ2) is 8.38. The van der Waals surface area contributed by atoms with Gasteiger partial charge in [0.15, 0.2) is 11.6 Å². The number of likely N-dealkylation sites (N-methyl/N-ethyl adjacent to an activating group) is 1. The number of halogens is 1. The minimum atomic E-state index is -0.198. The van der Waals surface area contributed by atoms with Crippen LogP contribution >= 0.6 is 0 Å². The Balaban J connectivity index is 2.11. The predicted molar refractivity (Wildman–Crippen MR) is 85.3 cm³/mol. The molecule has 0 spiro atoms. The Morgan fingerprint density at radius 1 is 1.24 bits per heavy atom. The summed E-state index contributed by atoms with van der Waals surface area (Å²) in [4.78, 5) is 0. The van der Waals surface area contributed by atoms with E-state index in [2.05, 4.69) is 12.2 Å². The summed E-state index contributed by atoms with van der Waals surface area (Å²) in [7, 11) is 1.52. The quantitative estimate of drug-likeness (QED) is 0.788. The van der Waals surface area contributed by atoms with Crippen molar-refractivity contribution in [3.05, 3.63) is 29.6 Å². The molecule has 0 aromatic heterocycles. The molecule has 3 heteroatoms. The number of rotatable bonds is 6. The Hall–Kier alpha value is -1.09. The van der Waals surface area contributed by atoms with Gasteiger partial charge in [0.1, 0.15) is 0 Å². The highest BCUT2D eigenvalue weighted by molar-refractivity contribution is 5.31. The smallest absolute Gasteiger partial charge is 0.168 e. The fourth-order valence-electron chi connectivity index (χ4n) is 3.49. The van der Waals surface area contributed by atoms with Crippen molar-refractivity contribution in [2.24, 2.45) is 5.92 Å². The first-order valence-electron chi connectivity index (χ1n) is 8.31. The standard InChI is InChI=1S/C18H28FNO/c1-3-20-16(14-9-6-4-5-7-10-14)13-15-11-8-12-17(21-2)18(15)19/h8,11-12,14,16,20H,3-7,9-10,13H2,1-2H3. The molecule has 1 aromatic carbocycles. The van der Waals surface area contributed by atoms with E-state index in [9.17, 15) is 4.39 Å². The van der Waals surface area contributed by atoms with E-state index in [-0.39, 0.29) is 5.82 Å². The van der Waals surface area contributed by atoms with Crippen LogP contribution < -0.4 is 10.1 Å². The van der Waals surface area contributed by atoms with Crippen LogP contribution in [0, 0.1) is 11.7 Å². The Morgan fingerprint density at radius 2 is 1.95 bits per heavy atom. The molecule has 0 amide bonds. The molecular weight excluding hydrogens is 265 g/mol. The molecule has 1 N–H and O–H groups in total. The fraction of sp³-hybridized carbons (Fsp3) is 0.667. The molecule has 2 nitrogen and oxygen atoms in total. The molecule has 21 heavy (non-hydrogen) atoms. The van der Waals surface area contributed by atoms with Gasteiger partial charge in [-0.3, -0.25) is 0 Å². The largest absolute Gasteiger partial charge is 0.494 e. The molecule has 1 atom stereocenters. The molecule has 0 radical (unpaired) electrons. The number of nitrogens with one attached hydrogen (secondary N) is 1. The zero-order chi connectivity index (χ0) is 15.1. The average Bonchev–Trinajstić information content (AvgIpc) is 2.78. The van der Waals surface area contributed by atoms with Gasteiger partial charge in [-0.1, -0.05) is 44.7 Å². The lowest BCUT2D eigenvalue weighted by Gasteiger charge is -2.27. The summed E-state index contributed by atoms with van der Waals surface area (Å²) in [5.41, 5.74) is 0.768. The van der Waals surface area contributed by atoms with Crippen LogP contribution in [-0.4, -0.2) is 19.7 Å². The minimum Gasteiger partial charge on any atom is -0.494 e. The number of methoxy groups -OCH3 is 1. The molecule has 1 unspecified atom stereocenters. The van der Waals surface area contributed by atoms with Gasteiger partial charge in [0, 0.05) is 6.04 Å². The summed E-state index contributed by atoms with van der Waals surface area (Å²) in [6.07, 6.45) is 8.61. The van der Waals surface area contributed by atoms with Gasteiger partial charge in [-0.2, -0.15) is 0 Å². The molecule has 2 rings (SSSR count). The summed E-state index contributed by atoms with van der Waals surface area (Å²) < 4.78 is 19.5. The van der Waals surface area contributed by atoms with Crippen LogP contribution in [0.3, 0.4) is 0 Å². The van der Waals surface area contributed by atoms with Crippen LogP contribution in [0.4, 0.5) is 4.39 Å². The number of ether oxygens (including phenoxy) is 1. The van der Waals surface area contributed by atoms with Crippen LogP contribution in [-0.2, 0) is 6.42 Å². The first-order valence-corrected chi connectivity index (χ1v) is 8.31. The van der Waals surface area contributed by atoms with Crippen LogP contribution in [0.1, 0.15) is 51.0 Å². The van der Waals surface area contributed by atoms with E-state index in [4.69, 9.17) is 4.74 Å². The maximum Gasteiger partial charge on any atom is 0.168 e. The number of hydrogen-bond acceptors (Lipinski definition) is 2. The third-order valence-corrected chi connectivity index (χ3v) is 4.64. The highest BCUT2D eigenvalue weighted by Gasteiger charge is 2.23. The molecular formula is C18H28FNO. The average molecular weight is 293 g/mol. The monoisotopic (exact) mass is 293 g/mol. The summed E-state index contributed by atoms with van der Waals surface area (Å²) in [5.74, 6) is 0.818. The van der Waals surface area contributed by atoms with E-state index in [1.165, 1.54) is 45.6 Å². The van der Waals surface area contributed by atoms with Gasteiger partial charge in [0.2, 0.25) is 0 Å². The van der Waals surface area contributed by atoms with Gasteiger partial charge in [-0.15, -0.1) is 0 Å². The second-order valence-corrected chi connectivity index (χ2v) is 6.05. The van der Waals surface area contributed by atoms with Crippen LogP contribution in [0.15, 0.2) is 18.2 Å². The van der Waals surface area contributed by atoms with E-state index < -0.39 is 0 Å².